The van der Waals surface area contributed by atoms with Gasteiger partial charge in [0.25, 0.3) is 0 Å². The number of ketones is 1. The molecular formula is C47H80INO14Si. The molecule has 15 nitrogen and oxygen atoms in total. The lowest BCUT2D eigenvalue weighted by atomic mass is 9.79. The van der Waals surface area contributed by atoms with Crippen molar-refractivity contribution in [2.45, 2.75) is 177 Å². The molecule has 2 bridgehead atoms. The molecule has 0 saturated carbocycles. The number of methoxy groups -OCH3 is 2. The Bertz CT molecular complexity index is 1530. The zero-order valence-electron chi connectivity index (χ0n) is 40.4. The van der Waals surface area contributed by atoms with Crippen molar-refractivity contribution in [1.29, 1.82) is 0 Å². The first-order valence-corrected chi connectivity index (χ1v) is 27.1. The number of aliphatic hydroxyl groups excluding tert-OH is 2. The van der Waals surface area contributed by atoms with Gasteiger partial charge in [0, 0.05) is 38.6 Å². The van der Waals surface area contributed by atoms with E-state index in [4.69, 9.17) is 47.1 Å². The Kier molecular flexibility index (Phi) is 22.5. The monoisotopic (exact) mass is 1040 g/mol. The molecule has 368 valence electrons. The van der Waals surface area contributed by atoms with E-state index in [-0.39, 0.29) is 43.5 Å². The summed E-state index contributed by atoms with van der Waals surface area (Å²) in [6.07, 6.45) is -0.745. The fourth-order valence-electron chi connectivity index (χ4n) is 9.61. The Morgan fingerprint density at radius 2 is 1.56 bits per heavy atom. The topological polar surface area (TPSA) is 170 Å². The van der Waals surface area contributed by atoms with Gasteiger partial charge in [0.15, 0.2) is 30.8 Å². The maximum atomic E-state index is 14.2. The molecule has 0 spiro atoms. The van der Waals surface area contributed by atoms with Crippen molar-refractivity contribution in [2.75, 3.05) is 48.1 Å². The highest BCUT2D eigenvalue weighted by molar-refractivity contribution is 14.1. The molecule has 2 N–H and O–H groups in total. The van der Waals surface area contributed by atoms with Crippen LogP contribution < -0.4 is 0 Å². The van der Waals surface area contributed by atoms with Crippen LogP contribution in [0.1, 0.15) is 74.7 Å². The molecule has 0 amide bonds. The normalized spacial score (nSPS) is 41.5. The minimum Gasteiger partial charge on any atom is -0.451 e. The number of cyclic esters (lactones) is 1. The van der Waals surface area contributed by atoms with Crippen LogP contribution in [0, 0.1) is 23.7 Å². The lowest BCUT2D eigenvalue weighted by Gasteiger charge is -2.47. The van der Waals surface area contributed by atoms with E-state index >= 15 is 0 Å². The zero-order valence-corrected chi connectivity index (χ0v) is 43.5. The minimum absolute atomic E-state index is 0.0661. The molecule has 3 fully saturated rings. The summed E-state index contributed by atoms with van der Waals surface area (Å²) in [6.45, 7) is 20.7. The van der Waals surface area contributed by atoms with Crippen molar-refractivity contribution >= 4 is 42.7 Å². The number of hydrogen-bond acceptors (Lipinski definition) is 15. The van der Waals surface area contributed by atoms with Crippen LogP contribution in [-0.4, -0.2) is 167 Å². The largest absolute Gasteiger partial charge is 0.451 e. The second kappa shape index (κ2) is 26.0. The van der Waals surface area contributed by atoms with Crippen LogP contribution >= 0.6 is 22.6 Å². The van der Waals surface area contributed by atoms with Gasteiger partial charge in [-0.25, -0.2) is 0 Å². The summed E-state index contributed by atoms with van der Waals surface area (Å²) in [6, 6.07) is 2.26. The standard InChI is InChI=1S/C47H80INO14Si/c1-14-34-26-56-21-20-32-23-28(6)35(50)19-18-27(5)22-33(25-57-47-44(55-13)43(54-12)42(31(9)59-47)63-64(15-2,16-3)17-4)45(48)61-37(51)24-36(60-34)29(7)41(32)62-46-40(53)38(49(10)11)39(52)30(8)58-46/h14,18-19,22,28-34,36,38-47,52-53H,1,15-17,20-21,23-26H2,2-13H3/b19-18+,27-22+/t28-,29+,30?,31?,32+,33-,34?,36-,38?,39-,40?,41-,42-,43?,44?,45+,46+,47-/m1/s1. The first-order valence-electron chi connectivity index (χ1n) is 23.3. The summed E-state index contributed by atoms with van der Waals surface area (Å²) in [7, 11) is 4.79. The van der Waals surface area contributed by atoms with Crippen molar-refractivity contribution in [1.82, 2.24) is 4.90 Å². The maximum absolute atomic E-state index is 14.2. The highest BCUT2D eigenvalue weighted by atomic mass is 127. The van der Waals surface area contributed by atoms with Gasteiger partial charge >= 0.3 is 5.97 Å². The van der Waals surface area contributed by atoms with Crippen molar-refractivity contribution in [2.24, 2.45) is 23.7 Å². The third kappa shape index (κ3) is 14.2. The number of allylic oxidation sites excluding steroid dienone is 3. The van der Waals surface area contributed by atoms with Crippen molar-refractivity contribution in [3.63, 3.8) is 0 Å². The highest BCUT2D eigenvalue weighted by Gasteiger charge is 2.50. The van der Waals surface area contributed by atoms with E-state index in [0.29, 0.717) is 19.4 Å². The van der Waals surface area contributed by atoms with E-state index in [0.717, 1.165) is 23.7 Å². The summed E-state index contributed by atoms with van der Waals surface area (Å²) in [4.78, 5) is 29.8. The number of nitrogens with zero attached hydrogens (tertiary/aromatic N) is 1. The Hall–Kier alpha value is -1.17. The Morgan fingerprint density at radius 3 is 2.17 bits per heavy atom. The molecule has 0 aromatic heterocycles. The minimum atomic E-state index is -2.04. The van der Waals surface area contributed by atoms with E-state index in [1.165, 1.54) is 0 Å². The number of hydrogen-bond donors (Lipinski definition) is 2. The number of likely N-dealkylation sites (N-methyl/N-ethyl adjacent to an activating group) is 1. The van der Waals surface area contributed by atoms with E-state index < -0.39 is 104 Å². The number of rotatable bonds is 14. The SMILES string of the molecule is C=CC1COCC[C@H]2C[C@@H](C)C(=O)/C=C/C(C)=C/[C@H](CO[C@@H]3OC(C)[C@@H](O[Si](CC)(CC)CC)C(OC)C3OC)[C@@H](I)OC(=O)C[C@@H](O1)[C@H](C)[C@H]2O[C@@H]1OC(C)[C@@H](O)C(N(C)C)C1O. The summed E-state index contributed by atoms with van der Waals surface area (Å²) < 4.78 is 63.2. The molecule has 4 rings (SSSR count). The van der Waals surface area contributed by atoms with E-state index in [1.54, 1.807) is 58.4 Å². The van der Waals surface area contributed by atoms with Crippen molar-refractivity contribution in [3.8, 4) is 0 Å². The molecule has 0 aromatic carbocycles. The smallest absolute Gasteiger partial charge is 0.309 e. The third-order valence-electron chi connectivity index (χ3n) is 13.9. The van der Waals surface area contributed by atoms with Gasteiger partial charge in [0.2, 0.25) is 0 Å². The summed E-state index contributed by atoms with van der Waals surface area (Å²) >= 11 is 2.11. The van der Waals surface area contributed by atoms with Gasteiger partial charge in [-0.15, -0.1) is 6.58 Å². The van der Waals surface area contributed by atoms with Gasteiger partial charge < -0.3 is 62.2 Å². The Balaban J connectivity index is 1.67. The lowest BCUT2D eigenvalue weighted by Crippen LogP contribution is -2.63. The van der Waals surface area contributed by atoms with Crippen LogP contribution in [-0.2, 0) is 56.6 Å². The first-order chi connectivity index (χ1) is 30.4. The molecule has 7 unspecified atom stereocenters. The molecule has 4 aliphatic rings. The van der Waals surface area contributed by atoms with Crippen LogP contribution in [0.25, 0.3) is 0 Å². The molecule has 0 aromatic rings. The van der Waals surface area contributed by atoms with E-state index in [2.05, 4.69) is 49.9 Å². The summed E-state index contributed by atoms with van der Waals surface area (Å²) in [5.74, 6) is -2.23. The van der Waals surface area contributed by atoms with Crippen molar-refractivity contribution in [3.05, 3.63) is 36.5 Å². The number of aliphatic hydroxyl groups is 2. The molecule has 3 saturated heterocycles. The Labute approximate surface area is 397 Å². The van der Waals surface area contributed by atoms with Crippen LogP contribution in [0.2, 0.25) is 18.1 Å². The van der Waals surface area contributed by atoms with E-state index in [1.807, 2.05) is 33.8 Å². The number of alkyl halides is 1. The van der Waals surface area contributed by atoms with E-state index in [9.17, 15) is 19.8 Å². The maximum Gasteiger partial charge on any atom is 0.309 e. The van der Waals surface area contributed by atoms with Gasteiger partial charge in [-0.1, -0.05) is 58.4 Å². The predicted molar refractivity (Wildman–Crippen MR) is 253 cm³/mol. The fourth-order valence-corrected chi connectivity index (χ4v) is 13.2. The highest BCUT2D eigenvalue weighted by Crippen LogP contribution is 2.38. The number of halogens is 1. The Morgan fingerprint density at radius 1 is 0.906 bits per heavy atom. The fraction of sp³-hybridized carbons (Fsp3) is 0.830. The number of esters is 1. The molecule has 0 radical (unpaired) electrons. The average Bonchev–Trinajstić information content (AvgIpc) is 3.26. The third-order valence-corrected chi connectivity index (χ3v) is 19.7. The molecule has 18 atom stereocenters. The summed E-state index contributed by atoms with van der Waals surface area (Å²) in [5, 5.41) is 22.6. The average molecular weight is 1040 g/mol. The van der Waals surface area contributed by atoms with Crippen molar-refractivity contribution < 1.29 is 66.9 Å². The van der Waals surface area contributed by atoms with Gasteiger partial charge in [0.05, 0.1) is 68.4 Å². The molecule has 4 heterocycles. The molecule has 17 heteroatoms. The lowest BCUT2D eigenvalue weighted by molar-refractivity contribution is -0.306. The number of carbonyl (C=O) groups is 2. The molecule has 0 aliphatic carbocycles. The number of ether oxygens (including phenoxy) is 9. The van der Waals surface area contributed by atoms with Gasteiger partial charge in [-0.3, -0.25) is 9.59 Å². The second-order valence-corrected chi connectivity index (χ2v) is 24.4. The molecule has 64 heavy (non-hydrogen) atoms. The van der Waals surface area contributed by atoms with Gasteiger partial charge in [-0.05, 0) is 100 Å². The first kappa shape index (κ1) is 55.4. The van der Waals surface area contributed by atoms with Gasteiger partial charge in [-0.2, -0.15) is 0 Å². The quantitative estimate of drug-likeness (QED) is 0.0684. The molecule has 4 aliphatic heterocycles. The van der Waals surface area contributed by atoms with Crippen LogP contribution in [0.15, 0.2) is 36.5 Å². The van der Waals surface area contributed by atoms with Crippen LogP contribution in [0.3, 0.4) is 0 Å². The van der Waals surface area contributed by atoms with Crippen LogP contribution in [0.4, 0.5) is 0 Å². The number of carbonyl (C=O) groups excluding carboxylic acids is 2. The number of fused-ring (bicyclic) bond motifs is 3. The predicted octanol–water partition coefficient (Wildman–Crippen LogP) is 5.98. The second-order valence-electron chi connectivity index (χ2n) is 18.4. The summed E-state index contributed by atoms with van der Waals surface area (Å²) in [5.41, 5.74) is 0.780. The van der Waals surface area contributed by atoms with Crippen LogP contribution in [0.5, 0.6) is 0 Å². The molecular weight excluding hydrogens is 957 g/mol. The zero-order chi connectivity index (χ0) is 47.5. The van der Waals surface area contributed by atoms with Gasteiger partial charge in [0.1, 0.15) is 18.3 Å².